The third kappa shape index (κ3) is 5.25. The number of ether oxygens (including phenoxy) is 2. The molecule has 0 bridgehead atoms. The van der Waals surface area contributed by atoms with Gasteiger partial charge in [-0.25, -0.2) is 4.79 Å². The molecule has 0 saturated carbocycles. The number of carbonyl (C=O) groups is 1. The summed E-state index contributed by atoms with van der Waals surface area (Å²) in [5, 5.41) is 3.67. The van der Waals surface area contributed by atoms with Gasteiger partial charge in [0.25, 0.3) is 5.89 Å². The van der Waals surface area contributed by atoms with Crippen molar-refractivity contribution in [2.24, 2.45) is 0 Å². The second-order valence-electron chi connectivity index (χ2n) is 6.22. The zero-order chi connectivity index (χ0) is 21.7. The predicted octanol–water partition coefficient (Wildman–Crippen LogP) is 5.08. The van der Waals surface area contributed by atoms with E-state index in [0.717, 1.165) is 17.7 Å². The molecule has 0 spiro atoms. The Kier molecular flexibility index (Phi) is 6.20. The summed E-state index contributed by atoms with van der Waals surface area (Å²) in [6.45, 7) is 1.51. The van der Waals surface area contributed by atoms with Gasteiger partial charge in [0, 0.05) is 11.6 Å². The number of rotatable bonds is 6. The van der Waals surface area contributed by atoms with Crippen LogP contribution in [0.15, 0.2) is 59.1 Å². The van der Waals surface area contributed by atoms with E-state index in [0.29, 0.717) is 5.75 Å². The summed E-state index contributed by atoms with van der Waals surface area (Å²) in [4.78, 5) is 16.1. The van der Waals surface area contributed by atoms with Gasteiger partial charge in [-0.05, 0) is 42.8 Å². The van der Waals surface area contributed by atoms with Crippen molar-refractivity contribution < 1.29 is 32.0 Å². The van der Waals surface area contributed by atoms with Crippen molar-refractivity contribution in [2.75, 3.05) is 7.11 Å². The van der Waals surface area contributed by atoms with Gasteiger partial charge in [-0.2, -0.15) is 18.2 Å². The van der Waals surface area contributed by atoms with Crippen LogP contribution in [0.5, 0.6) is 5.75 Å². The Bertz CT molecular complexity index is 1060. The highest BCUT2D eigenvalue weighted by molar-refractivity contribution is 5.87. The van der Waals surface area contributed by atoms with Crippen molar-refractivity contribution in [1.29, 1.82) is 0 Å². The zero-order valence-electron chi connectivity index (χ0n) is 16.0. The lowest BCUT2D eigenvalue weighted by Gasteiger charge is -2.07. The van der Waals surface area contributed by atoms with Gasteiger partial charge in [-0.3, -0.25) is 0 Å². The van der Waals surface area contributed by atoms with E-state index in [1.54, 1.807) is 30.3 Å². The maximum Gasteiger partial charge on any atom is 0.416 e. The second-order valence-corrected chi connectivity index (χ2v) is 6.22. The Hall–Kier alpha value is -3.62. The Balaban J connectivity index is 1.67. The molecular weight excluding hydrogens is 401 g/mol. The van der Waals surface area contributed by atoms with Crippen molar-refractivity contribution in [3.8, 4) is 17.1 Å². The normalized spacial score (nSPS) is 12.7. The smallest absolute Gasteiger partial charge is 0.416 e. The summed E-state index contributed by atoms with van der Waals surface area (Å²) in [7, 11) is 1.54. The first kappa shape index (κ1) is 21.1. The molecule has 0 amide bonds. The molecule has 3 rings (SSSR count). The Labute approximate surface area is 169 Å². The largest absolute Gasteiger partial charge is 0.497 e. The van der Waals surface area contributed by atoms with Gasteiger partial charge < -0.3 is 14.0 Å². The molecule has 0 radical (unpaired) electrons. The molecule has 1 unspecified atom stereocenters. The number of halogens is 3. The van der Waals surface area contributed by atoms with Crippen LogP contribution in [0.2, 0.25) is 0 Å². The van der Waals surface area contributed by atoms with Crippen LogP contribution < -0.4 is 4.74 Å². The van der Waals surface area contributed by atoms with E-state index < -0.39 is 23.8 Å². The van der Waals surface area contributed by atoms with E-state index in [1.807, 2.05) is 0 Å². The minimum atomic E-state index is -4.49. The lowest BCUT2D eigenvalue weighted by molar-refractivity contribution is -0.143. The van der Waals surface area contributed by atoms with Gasteiger partial charge in [0.2, 0.25) is 5.82 Å². The van der Waals surface area contributed by atoms with E-state index in [9.17, 15) is 18.0 Å². The van der Waals surface area contributed by atoms with Crippen LogP contribution in [0.3, 0.4) is 0 Å². The molecule has 0 aliphatic rings. The van der Waals surface area contributed by atoms with Crippen LogP contribution >= 0.6 is 0 Å². The van der Waals surface area contributed by atoms with Gasteiger partial charge in [-0.1, -0.05) is 29.4 Å². The first-order valence-electron chi connectivity index (χ1n) is 8.80. The van der Waals surface area contributed by atoms with Crippen LogP contribution in [0.4, 0.5) is 13.2 Å². The molecule has 1 heterocycles. The molecule has 156 valence electrons. The molecule has 3 aromatic rings. The molecule has 0 fully saturated rings. The van der Waals surface area contributed by atoms with E-state index in [4.69, 9.17) is 14.0 Å². The van der Waals surface area contributed by atoms with Crippen LogP contribution in [-0.4, -0.2) is 23.2 Å². The maximum atomic E-state index is 12.9. The highest BCUT2D eigenvalue weighted by Gasteiger charge is 2.31. The summed E-state index contributed by atoms with van der Waals surface area (Å²) in [5.41, 5.74) is 0.0494. The fourth-order valence-electron chi connectivity index (χ4n) is 2.53. The van der Waals surface area contributed by atoms with Gasteiger partial charge >= 0.3 is 12.1 Å². The van der Waals surface area contributed by atoms with Crippen molar-refractivity contribution >= 4 is 12.0 Å². The fourth-order valence-corrected chi connectivity index (χ4v) is 2.53. The number of nitrogens with zero attached hydrogens (tertiary/aromatic N) is 2. The summed E-state index contributed by atoms with van der Waals surface area (Å²) in [5.74, 6) is -0.0764. The Morgan fingerprint density at radius 3 is 2.67 bits per heavy atom. The number of carbonyl (C=O) groups excluding carboxylic acids is 1. The lowest BCUT2D eigenvalue weighted by atomic mass is 10.1. The quantitative estimate of drug-likeness (QED) is 0.411. The SMILES string of the molecule is COc1cccc(/C=C/C(=O)OC(C)c2nc(-c3cccc(C(F)(F)F)c3)no2)c1. The third-order valence-electron chi connectivity index (χ3n) is 4.04. The molecule has 1 aromatic heterocycles. The molecule has 0 aliphatic heterocycles. The molecule has 0 aliphatic carbocycles. The molecule has 30 heavy (non-hydrogen) atoms. The van der Waals surface area contributed by atoms with Gasteiger partial charge in [0.1, 0.15) is 5.75 Å². The minimum absolute atomic E-state index is 0.0362. The highest BCUT2D eigenvalue weighted by Crippen LogP contribution is 2.31. The van der Waals surface area contributed by atoms with Crippen molar-refractivity contribution in [3.63, 3.8) is 0 Å². The molecular formula is C21H17F3N2O4. The topological polar surface area (TPSA) is 74.5 Å². The molecule has 2 aromatic carbocycles. The monoisotopic (exact) mass is 418 g/mol. The number of alkyl halides is 3. The number of hydrogen-bond donors (Lipinski definition) is 0. The number of methoxy groups -OCH3 is 1. The van der Waals surface area contributed by atoms with E-state index in [-0.39, 0.29) is 17.3 Å². The molecule has 6 nitrogen and oxygen atoms in total. The summed E-state index contributed by atoms with van der Waals surface area (Å²) in [6.07, 6.45) is -2.59. The van der Waals surface area contributed by atoms with Gasteiger partial charge in [-0.15, -0.1) is 0 Å². The average molecular weight is 418 g/mol. The number of hydrogen-bond acceptors (Lipinski definition) is 6. The second kappa shape index (κ2) is 8.81. The summed E-state index contributed by atoms with van der Waals surface area (Å²) < 4.78 is 53.9. The van der Waals surface area contributed by atoms with E-state index in [2.05, 4.69) is 10.1 Å². The van der Waals surface area contributed by atoms with Gasteiger partial charge in [0.05, 0.1) is 12.7 Å². The van der Waals surface area contributed by atoms with Crippen molar-refractivity contribution in [3.05, 3.63) is 71.6 Å². The number of esters is 1. The zero-order valence-corrected chi connectivity index (χ0v) is 16.0. The average Bonchev–Trinajstić information content (AvgIpc) is 3.22. The van der Waals surface area contributed by atoms with Crippen LogP contribution in [0.25, 0.3) is 17.5 Å². The minimum Gasteiger partial charge on any atom is -0.497 e. The van der Waals surface area contributed by atoms with Crippen LogP contribution in [0, 0.1) is 0 Å². The van der Waals surface area contributed by atoms with Crippen LogP contribution in [0.1, 0.15) is 30.0 Å². The van der Waals surface area contributed by atoms with E-state index in [1.165, 1.54) is 32.2 Å². The molecule has 0 N–H and O–H groups in total. The highest BCUT2D eigenvalue weighted by atomic mass is 19.4. The summed E-state index contributed by atoms with van der Waals surface area (Å²) in [6, 6.07) is 11.6. The molecule has 1 atom stereocenters. The van der Waals surface area contributed by atoms with Crippen molar-refractivity contribution in [1.82, 2.24) is 10.1 Å². The number of benzene rings is 2. The fraction of sp³-hybridized carbons (Fsp3) is 0.190. The van der Waals surface area contributed by atoms with Crippen LogP contribution in [-0.2, 0) is 15.7 Å². The van der Waals surface area contributed by atoms with E-state index >= 15 is 0 Å². The first-order valence-corrected chi connectivity index (χ1v) is 8.80. The Morgan fingerprint density at radius 2 is 1.93 bits per heavy atom. The Morgan fingerprint density at radius 1 is 1.17 bits per heavy atom. The summed E-state index contributed by atoms with van der Waals surface area (Å²) >= 11 is 0. The molecule has 0 saturated heterocycles. The maximum absolute atomic E-state index is 12.9. The molecule has 9 heteroatoms. The van der Waals surface area contributed by atoms with Crippen molar-refractivity contribution in [2.45, 2.75) is 19.2 Å². The number of aromatic nitrogens is 2. The predicted molar refractivity (Wildman–Crippen MR) is 101 cm³/mol. The first-order chi connectivity index (χ1) is 14.3. The van der Waals surface area contributed by atoms with Gasteiger partial charge in [0.15, 0.2) is 6.10 Å². The third-order valence-corrected chi connectivity index (χ3v) is 4.04. The standard InChI is InChI=1S/C21H17F3N2O4/c1-13(29-18(27)10-9-14-5-3-8-17(11-14)28-2)20-25-19(26-30-20)15-6-4-7-16(12-15)21(22,23)24/h3-13H,1-2H3/b10-9+. The lowest BCUT2D eigenvalue weighted by Crippen LogP contribution is -2.06.